The monoisotopic (exact) mass is 259 g/mol. The summed E-state index contributed by atoms with van der Waals surface area (Å²) >= 11 is 0. The highest BCUT2D eigenvalue weighted by Crippen LogP contribution is 2.27. The van der Waals surface area contributed by atoms with E-state index in [-0.39, 0.29) is 5.92 Å². The highest BCUT2D eigenvalue weighted by Gasteiger charge is 2.24. The van der Waals surface area contributed by atoms with Gasteiger partial charge in [0.15, 0.2) is 6.10 Å². The second-order valence-corrected chi connectivity index (χ2v) is 4.90. The van der Waals surface area contributed by atoms with Crippen LogP contribution >= 0.6 is 0 Å². The molecule has 1 aromatic heterocycles. The fourth-order valence-electron chi connectivity index (χ4n) is 1.98. The Morgan fingerprint density at radius 3 is 2.63 bits per heavy atom. The Bertz CT molecular complexity index is 607. The van der Waals surface area contributed by atoms with Crippen molar-refractivity contribution in [3.63, 3.8) is 0 Å². The molecule has 4 nitrogen and oxygen atoms in total. The number of ether oxygens (including phenoxy) is 1. The van der Waals surface area contributed by atoms with Crippen LogP contribution in [0.15, 0.2) is 30.3 Å². The Labute approximate surface area is 112 Å². The normalized spacial score (nSPS) is 12.6. The van der Waals surface area contributed by atoms with E-state index < -0.39 is 12.1 Å². The molecule has 1 heterocycles. The van der Waals surface area contributed by atoms with Gasteiger partial charge in [0.2, 0.25) is 0 Å². The van der Waals surface area contributed by atoms with Crippen LogP contribution < -0.4 is 4.74 Å². The van der Waals surface area contributed by atoms with Crippen molar-refractivity contribution in [2.45, 2.75) is 26.9 Å². The molecule has 1 aromatic carbocycles. The molecule has 1 N–H and O–H groups in total. The zero-order valence-corrected chi connectivity index (χ0v) is 11.3. The molecule has 0 bridgehead atoms. The van der Waals surface area contributed by atoms with Crippen molar-refractivity contribution in [1.82, 2.24) is 4.98 Å². The van der Waals surface area contributed by atoms with Gasteiger partial charge in [0, 0.05) is 23.1 Å². The molecule has 0 aliphatic rings. The molecule has 0 aliphatic carbocycles. The van der Waals surface area contributed by atoms with Crippen LogP contribution in [0.2, 0.25) is 0 Å². The fraction of sp³-hybridized carbons (Fsp3) is 0.333. The molecule has 0 amide bonds. The van der Waals surface area contributed by atoms with E-state index in [9.17, 15) is 9.90 Å². The van der Waals surface area contributed by atoms with Crippen molar-refractivity contribution in [3.8, 4) is 5.75 Å². The number of aliphatic carboxylic acids is 1. The number of carboxylic acids is 1. The largest absolute Gasteiger partial charge is 0.478 e. The van der Waals surface area contributed by atoms with Crippen LogP contribution in [-0.2, 0) is 4.79 Å². The molecular weight excluding hydrogens is 242 g/mol. The Morgan fingerprint density at radius 2 is 2.00 bits per heavy atom. The van der Waals surface area contributed by atoms with E-state index in [1.54, 1.807) is 6.07 Å². The standard InChI is InChI=1S/C15H17NO3/c1-9(2)14(15(17)18)19-13-8-10(3)16-12-7-5-4-6-11(12)13/h4-9,14H,1-3H3,(H,17,18). The van der Waals surface area contributed by atoms with Crippen LogP contribution in [0.25, 0.3) is 10.9 Å². The number of nitrogens with zero attached hydrogens (tertiary/aromatic N) is 1. The first-order valence-electron chi connectivity index (χ1n) is 6.25. The van der Waals surface area contributed by atoms with Crippen LogP contribution in [-0.4, -0.2) is 22.2 Å². The summed E-state index contributed by atoms with van der Waals surface area (Å²) in [5, 5.41) is 10.0. The lowest BCUT2D eigenvalue weighted by Crippen LogP contribution is -2.32. The van der Waals surface area contributed by atoms with Gasteiger partial charge in [0.05, 0.1) is 5.52 Å². The molecule has 0 saturated heterocycles. The van der Waals surface area contributed by atoms with E-state index >= 15 is 0 Å². The third-order valence-corrected chi connectivity index (χ3v) is 2.91. The minimum absolute atomic E-state index is 0.107. The topological polar surface area (TPSA) is 59.4 Å². The zero-order valence-electron chi connectivity index (χ0n) is 11.3. The van der Waals surface area contributed by atoms with Crippen molar-refractivity contribution in [2.75, 3.05) is 0 Å². The van der Waals surface area contributed by atoms with Crippen LogP contribution in [0.3, 0.4) is 0 Å². The molecule has 19 heavy (non-hydrogen) atoms. The molecule has 0 aliphatic heterocycles. The number of pyridine rings is 1. The Morgan fingerprint density at radius 1 is 1.32 bits per heavy atom. The lowest BCUT2D eigenvalue weighted by atomic mass is 10.1. The van der Waals surface area contributed by atoms with Gasteiger partial charge in [-0.1, -0.05) is 26.0 Å². The molecule has 0 spiro atoms. The molecule has 2 rings (SSSR count). The molecule has 1 atom stereocenters. The average molecular weight is 259 g/mol. The maximum atomic E-state index is 11.2. The highest BCUT2D eigenvalue weighted by atomic mass is 16.5. The minimum atomic E-state index is -0.950. The number of hydrogen-bond acceptors (Lipinski definition) is 3. The lowest BCUT2D eigenvalue weighted by molar-refractivity contribution is -0.147. The molecule has 0 fully saturated rings. The van der Waals surface area contributed by atoms with E-state index in [4.69, 9.17) is 4.74 Å². The van der Waals surface area contributed by atoms with E-state index in [0.29, 0.717) is 5.75 Å². The molecular formula is C15H17NO3. The molecule has 1 unspecified atom stereocenters. The van der Waals surface area contributed by atoms with Gasteiger partial charge in [0.1, 0.15) is 5.75 Å². The number of fused-ring (bicyclic) bond motifs is 1. The number of benzene rings is 1. The number of aromatic nitrogens is 1. The van der Waals surface area contributed by atoms with Crippen LogP contribution in [0.1, 0.15) is 19.5 Å². The van der Waals surface area contributed by atoms with Gasteiger partial charge in [-0.15, -0.1) is 0 Å². The van der Waals surface area contributed by atoms with Crippen molar-refractivity contribution < 1.29 is 14.6 Å². The molecule has 0 radical (unpaired) electrons. The second kappa shape index (κ2) is 5.26. The summed E-state index contributed by atoms with van der Waals surface area (Å²) in [4.78, 5) is 15.6. The summed E-state index contributed by atoms with van der Waals surface area (Å²) in [6, 6.07) is 9.34. The minimum Gasteiger partial charge on any atom is -0.478 e. The number of para-hydroxylation sites is 1. The molecule has 100 valence electrons. The molecule has 4 heteroatoms. The van der Waals surface area contributed by atoms with Crippen LogP contribution in [0.5, 0.6) is 5.75 Å². The van der Waals surface area contributed by atoms with Crippen LogP contribution in [0, 0.1) is 12.8 Å². The summed E-state index contributed by atoms with van der Waals surface area (Å²) in [5.74, 6) is -0.484. The first kappa shape index (κ1) is 13.3. The Balaban J connectivity index is 2.47. The van der Waals surface area contributed by atoms with Crippen LogP contribution in [0.4, 0.5) is 0 Å². The maximum Gasteiger partial charge on any atom is 0.345 e. The number of carbonyl (C=O) groups is 1. The number of hydrogen-bond donors (Lipinski definition) is 1. The average Bonchev–Trinajstić information content (AvgIpc) is 2.34. The predicted molar refractivity (Wildman–Crippen MR) is 73.4 cm³/mol. The Hall–Kier alpha value is -2.10. The van der Waals surface area contributed by atoms with Gasteiger partial charge >= 0.3 is 5.97 Å². The summed E-state index contributed by atoms with van der Waals surface area (Å²) in [6.45, 7) is 5.52. The predicted octanol–water partition coefficient (Wildman–Crippen LogP) is 3.03. The highest BCUT2D eigenvalue weighted by molar-refractivity contribution is 5.85. The molecule has 2 aromatic rings. The lowest BCUT2D eigenvalue weighted by Gasteiger charge is -2.19. The summed E-state index contributed by atoms with van der Waals surface area (Å²) < 4.78 is 5.69. The second-order valence-electron chi connectivity index (χ2n) is 4.90. The van der Waals surface area contributed by atoms with Gasteiger partial charge in [-0.25, -0.2) is 4.79 Å². The summed E-state index contributed by atoms with van der Waals surface area (Å²) in [6.07, 6.45) is -0.856. The smallest absolute Gasteiger partial charge is 0.345 e. The SMILES string of the molecule is Cc1cc(OC(C(=O)O)C(C)C)c2ccccc2n1. The summed E-state index contributed by atoms with van der Waals surface area (Å²) in [7, 11) is 0. The number of aryl methyl sites for hydroxylation is 1. The van der Waals surface area contributed by atoms with Gasteiger partial charge in [-0.3, -0.25) is 4.98 Å². The third-order valence-electron chi connectivity index (χ3n) is 2.91. The maximum absolute atomic E-state index is 11.2. The van der Waals surface area contributed by atoms with Crippen molar-refractivity contribution in [2.24, 2.45) is 5.92 Å². The molecule has 0 saturated carbocycles. The van der Waals surface area contributed by atoms with Gasteiger partial charge in [0.25, 0.3) is 0 Å². The first-order valence-corrected chi connectivity index (χ1v) is 6.25. The third kappa shape index (κ3) is 2.84. The van der Waals surface area contributed by atoms with Crippen molar-refractivity contribution in [3.05, 3.63) is 36.0 Å². The van der Waals surface area contributed by atoms with Gasteiger partial charge in [-0.2, -0.15) is 0 Å². The number of rotatable bonds is 4. The number of carboxylic acid groups (broad SMARTS) is 1. The Kier molecular flexibility index (Phi) is 3.69. The zero-order chi connectivity index (χ0) is 14.0. The van der Waals surface area contributed by atoms with Crippen molar-refractivity contribution >= 4 is 16.9 Å². The van der Waals surface area contributed by atoms with E-state index in [0.717, 1.165) is 16.6 Å². The van der Waals surface area contributed by atoms with E-state index in [1.807, 2.05) is 45.0 Å². The van der Waals surface area contributed by atoms with Gasteiger partial charge < -0.3 is 9.84 Å². The van der Waals surface area contributed by atoms with Gasteiger partial charge in [-0.05, 0) is 19.1 Å². The van der Waals surface area contributed by atoms with E-state index in [1.165, 1.54) is 0 Å². The quantitative estimate of drug-likeness (QED) is 0.916. The summed E-state index contributed by atoms with van der Waals surface area (Å²) in [5.41, 5.74) is 1.62. The van der Waals surface area contributed by atoms with Crippen molar-refractivity contribution in [1.29, 1.82) is 0 Å². The first-order chi connectivity index (χ1) is 8.99. The van der Waals surface area contributed by atoms with E-state index in [2.05, 4.69) is 4.98 Å². The fourth-order valence-corrected chi connectivity index (χ4v) is 1.98.